The maximum Gasteiger partial charge on any atom is 0.255 e. The maximum absolute atomic E-state index is 10.7. The molecule has 8 heteroatoms. The number of primary amides is 1. The lowest BCUT2D eigenvalue weighted by atomic mass is 10.2. The molecule has 0 aliphatic carbocycles. The molecule has 0 saturated carbocycles. The fourth-order valence-corrected chi connectivity index (χ4v) is 1.30. The second-order valence-electron chi connectivity index (χ2n) is 3.66. The summed E-state index contributed by atoms with van der Waals surface area (Å²) in [7, 11) is 0. The van der Waals surface area contributed by atoms with Crippen molar-refractivity contribution >= 4 is 18.1 Å². The maximum atomic E-state index is 10.7. The van der Waals surface area contributed by atoms with Gasteiger partial charge in [-0.05, 0) is 30.7 Å². The lowest BCUT2D eigenvalue weighted by Crippen LogP contribution is -2.21. The second-order valence-corrected chi connectivity index (χ2v) is 3.66. The number of guanidine groups is 1. The topological polar surface area (TPSA) is 138 Å². The number of carbonyl (C=O) groups excluding carboxylic acids is 1. The third kappa shape index (κ3) is 5.25. The Balaban J connectivity index is 2.91. The first kappa shape index (κ1) is 15.3. The zero-order valence-corrected chi connectivity index (χ0v) is 11.1. The molecular weight excluding hydrogens is 262 g/mol. The number of amides is 1. The van der Waals surface area contributed by atoms with E-state index in [2.05, 4.69) is 10.2 Å². The largest absolute Gasteiger partial charge is 0.490 e. The average molecular weight is 279 g/mol. The SMILES string of the molecule is CCOc1cc(/C=N/N=C(N)N)ccc1OCC(N)=O. The molecule has 0 fully saturated rings. The first-order valence-corrected chi connectivity index (χ1v) is 5.82. The molecule has 0 aliphatic heterocycles. The Bertz CT molecular complexity index is 524. The number of nitrogens with zero attached hydrogens (tertiary/aromatic N) is 2. The third-order valence-corrected chi connectivity index (χ3v) is 2.02. The van der Waals surface area contributed by atoms with Crippen LogP contribution in [0.1, 0.15) is 12.5 Å². The number of carbonyl (C=O) groups is 1. The van der Waals surface area contributed by atoms with Crippen LogP contribution in [0, 0.1) is 0 Å². The van der Waals surface area contributed by atoms with Crippen molar-refractivity contribution in [3.63, 3.8) is 0 Å². The summed E-state index contributed by atoms with van der Waals surface area (Å²) in [6.07, 6.45) is 1.46. The number of hydrogen-bond acceptors (Lipinski definition) is 5. The number of benzene rings is 1. The van der Waals surface area contributed by atoms with Crippen molar-refractivity contribution in [2.24, 2.45) is 27.4 Å². The quantitative estimate of drug-likeness (QED) is 0.352. The first-order chi connectivity index (χ1) is 9.52. The second kappa shape index (κ2) is 7.62. The molecule has 1 amide bonds. The smallest absolute Gasteiger partial charge is 0.255 e. The summed E-state index contributed by atoms with van der Waals surface area (Å²) in [5.74, 6) is 0.200. The zero-order valence-electron chi connectivity index (χ0n) is 11.1. The third-order valence-electron chi connectivity index (χ3n) is 2.02. The van der Waals surface area contributed by atoms with E-state index in [0.717, 1.165) is 0 Å². The summed E-state index contributed by atoms with van der Waals surface area (Å²) in [6, 6.07) is 5.04. The molecule has 0 unspecified atom stereocenters. The minimum atomic E-state index is -0.564. The van der Waals surface area contributed by atoms with E-state index in [1.807, 2.05) is 6.92 Å². The highest BCUT2D eigenvalue weighted by Gasteiger charge is 2.07. The molecule has 0 heterocycles. The molecule has 1 aromatic carbocycles. The molecule has 20 heavy (non-hydrogen) atoms. The van der Waals surface area contributed by atoms with Gasteiger partial charge in [0, 0.05) is 0 Å². The number of ether oxygens (including phenoxy) is 2. The molecule has 0 atom stereocenters. The van der Waals surface area contributed by atoms with Crippen LogP contribution in [0.4, 0.5) is 0 Å². The van der Waals surface area contributed by atoms with Crippen molar-refractivity contribution in [2.45, 2.75) is 6.92 Å². The summed E-state index contributed by atoms with van der Waals surface area (Å²) in [5.41, 5.74) is 16.0. The Morgan fingerprint density at radius 2 is 2.00 bits per heavy atom. The molecule has 1 rings (SSSR count). The van der Waals surface area contributed by atoms with Crippen molar-refractivity contribution < 1.29 is 14.3 Å². The number of hydrogen-bond donors (Lipinski definition) is 3. The predicted octanol–water partition coefficient (Wildman–Crippen LogP) is -0.443. The molecule has 0 aromatic heterocycles. The fraction of sp³-hybridized carbons (Fsp3) is 0.250. The molecule has 6 N–H and O–H groups in total. The van der Waals surface area contributed by atoms with E-state index in [-0.39, 0.29) is 12.6 Å². The summed E-state index contributed by atoms with van der Waals surface area (Å²) >= 11 is 0. The van der Waals surface area contributed by atoms with Gasteiger partial charge >= 0.3 is 0 Å². The zero-order chi connectivity index (χ0) is 15.0. The van der Waals surface area contributed by atoms with Gasteiger partial charge in [0.2, 0.25) is 5.96 Å². The lowest BCUT2D eigenvalue weighted by Gasteiger charge is -2.11. The normalized spacial score (nSPS) is 10.2. The molecule has 0 aliphatic rings. The van der Waals surface area contributed by atoms with Crippen LogP contribution < -0.4 is 26.7 Å². The monoisotopic (exact) mass is 279 g/mol. The first-order valence-electron chi connectivity index (χ1n) is 5.82. The van der Waals surface area contributed by atoms with Crippen LogP contribution in [0.15, 0.2) is 28.4 Å². The van der Waals surface area contributed by atoms with Crippen molar-refractivity contribution in [3.05, 3.63) is 23.8 Å². The Kier molecular flexibility index (Phi) is 5.82. The van der Waals surface area contributed by atoms with Crippen LogP contribution in [0.2, 0.25) is 0 Å². The van der Waals surface area contributed by atoms with E-state index in [4.69, 9.17) is 26.7 Å². The van der Waals surface area contributed by atoms with E-state index < -0.39 is 5.91 Å². The fourth-order valence-electron chi connectivity index (χ4n) is 1.30. The molecule has 1 aromatic rings. The van der Waals surface area contributed by atoms with Gasteiger partial charge in [-0.2, -0.15) is 5.10 Å². The Morgan fingerprint density at radius 1 is 1.25 bits per heavy atom. The average Bonchev–Trinajstić information content (AvgIpc) is 2.37. The van der Waals surface area contributed by atoms with Crippen LogP contribution in [0.3, 0.4) is 0 Å². The molecule has 0 radical (unpaired) electrons. The van der Waals surface area contributed by atoms with Crippen LogP contribution in [-0.4, -0.2) is 31.3 Å². The van der Waals surface area contributed by atoms with Crippen molar-refractivity contribution in [1.82, 2.24) is 0 Å². The molecule has 8 nitrogen and oxygen atoms in total. The highest BCUT2D eigenvalue weighted by molar-refractivity contribution is 5.82. The van der Waals surface area contributed by atoms with Gasteiger partial charge in [-0.25, -0.2) is 0 Å². The van der Waals surface area contributed by atoms with Gasteiger partial charge in [0.15, 0.2) is 18.1 Å². The van der Waals surface area contributed by atoms with Crippen LogP contribution in [0.5, 0.6) is 11.5 Å². The van der Waals surface area contributed by atoms with E-state index in [0.29, 0.717) is 23.7 Å². The molecule has 0 spiro atoms. The summed E-state index contributed by atoms with van der Waals surface area (Å²) < 4.78 is 10.7. The molecule has 0 bridgehead atoms. The van der Waals surface area contributed by atoms with Gasteiger partial charge in [0.25, 0.3) is 5.91 Å². The van der Waals surface area contributed by atoms with E-state index >= 15 is 0 Å². The molecule has 0 saturated heterocycles. The Labute approximate surface area is 116 Å². The van der Waals surface area contributed by atoms with Crippen LogP contribution in [-0.2, 0) is 4.79 Å². The molecule has 108 valence electrons. The highest BCUT2D eigenvalue weighted by Crippen LogP contribution is 2.27. The van der Waals surface area contributed by atoms with E-state index in [9.17, 15) is 4.79 Å². The van der Waals surface area contributed by atoms with Gasteiger partial charge in [-0.1, -0.05) is 0 Å². The van der Waals surface area contributed by atoms with Gasteiger partial charge in [0.05, 0.1) is 12.8 Å². The lowest BCUT2D eigenvalue weighted by molar-refractivity contribution is -0.119. The van der Waals surface area contributed by atoms with Crippen molar-refractivity contribution in [2.75, 3.05) is 13.2 Å². The van der Waals surface area contributed by atoms with Gasteiger partial charge in [-0.3, -0.25) is 4.79 Å². The van der Waals surface area contributed by atoms with E-state index in [1.165, 1.54) is 6.21 Å². The van der Waals surface area contributed by atoms with Gasteiger partial charge in [-0.15, -0.1) is 5.10 Å². The molecular formula is C12H17N5O3. The van der Waals surface area contributed by atoms with Crippen molar-refractivity contribution in [3.8, 4) is 11.5 Å². The summed E-state index contributed by atoms with van der Waals surface area (Å²) in [4.78, 5) is 10.7. The Hall–Kier alpha value is -2.77. The van der Waals surface area contributed by atoms with E-state index in [1.54, 1.807) is 18.2 Å². The highest BCUT2D eigenvalue weighted by atomic mass is 16.5. The van der Waals surface area contributed by atoms with Gasteiger partial charge in [0.1, 0.15) is 0 Å². The summed E-state index contributed by atoms with van der Waals surface area (Å²) in [6.45, 7) is 2.06. The number of nitrogens with two attached hydrogens (primary N) is 3. The number of rotatable bonds is 7. The van der Waals surface area contributed by atoms with Crippen LogP contribution >= 0.6 is 0 Å². The Morgan fingerprint density at radius 3 is 2.60 bits per heavy atom. The summed E-state index contributed by atoms with van der Waals surface area (Å²) in [5, 5.41) is 7.17. The van der Waals surface area contributed by atoms with Crippen LogP contribution in [0.25, 0.3) is 0 Å². The minimum Gasteiger partial charge on any atom is -0.490 e. The standard InChI is InChI=1S/C12H17N5O3/c1-2-19-10-5-8(6-16-17-12(14)15)3-4-9(10)20-7-11(13)18/h3-6H,2,7H2,1H3,(H2,13,18)(H4,14,15,17)/b16-6+. The predicted molar refractivity (Wildman–Crippen MR) is 75.7 cm³/mol. The van der Waals surface area contributed by atoms with Gasteiger partial charge < -0.3 is 26.7 Å². The van der Waals surface area contributed by atoms with Crippen molar-refractivity contribution in [1.29, 1.82) is 0 Å². The minimum absolute atomic E-state index is 0.132.